The van der Waals surface area contributed by atoms with Gasteiger partial charge in [0.2, 0.25) is 5.91 Å². The van der Waals surface area contributed by atoms with Gasteiger partial charge in [0.15, 0.2) is 0 Å². The van der Waals surface area contributed by atoms with Gasteiger partial charge in [-0.15, -0.1) is 0 Å². The fourth-order valence-corrected chi connectivity index (χ4v) is 7.24. The van der Waals surface area contributed by atoms with Gasteiger partial charge in [0, 0.05) is 12.2 Å². The Labute approximate surface area is 217 Å². The van der Waals surface area contributed by atoms with Gasteiger partial charge < -0.3 is 25.4 Å². The Balaban J connectivity index is 1.25. The molecular formula is C29H35N3O5. The number of rotatable bonds is 8. The second kappa shape index (κ2) is 10.4. The minimum atomic E-state index is -0.518. The number of anilines is 2. The van der Waals surface area contributed by atoms with E-state index in [4.69, 9.17) is 4.74 Å². The standard InChI is InChI=1S/C29H35N3O5/c1-37-27(35)13-19-5-4-6-23(12-19)31-28(36)30-17-26(34)32(24-7-2-3-8-25(24)33)18-29-14-20-9-21(15-29)11-22(10-20)16-29/h2-8,12,20-22,33H,9-11,13-18H2,1H3,(H2,30,31,36). The number of para-hydroxylation sites is 2. The maximum Gasteiger partial charge on any atom is 0.319 e. The number of methoxy groups -OCH3 is 1. The molecule has 4 aliphatic carbocycles. The summed E-state index contributed by atoms with van der Waals surface area (Å²) >= 11 is 0. The van der Waals surface area contributed by atoms with E-state index in [1.807, 2.05) is 6.07 Å². The average Bonchev–Trinajstić information content (AvgIpc) is 2.86. The molecule has 8 nitrogen and oxygen atoms in total. The van der Waals surface area contributed by atoms with E-state index in [-0.39, 0.29) is 36.0 Å². The van der Waals surface area contributed by atoms with Crippen LogP contribution in [0.15, 0.2) is 48.5 Å². The number of esters is 1. The SMILES string of the molecule is COC(=O)Cc1cccc(NC(=O)NCC(=O)N(CC23CC4CC(CC(C4)C2)C3)c2ccccc2O)c1. The molecule has 4 bridgehead atoms. The van der Waals surface area contributed by atoms with Crippen LogP contribution in [-0.2, 0) is 20.7 Å². The third-order valence-corrected chi connectivity index (χ3v) is 8.29. The third kappa shape index (κ3) is 5.73. The van der Waals surface area contributed by atoms with Crippen LogP contribution in [0.3, 0.4) is 0 Å². The zero-order valence-electron chi connectivity index (χ0n) is 21.2. The Morgan fingerprint density at radius 1 is 1.00 bits per heavy atom. The summed E-state index contributed by atoms with van der Waals surface area (Å²) < 4.78 is 4.70. The summed E-state index contributed by atoms with van der Waals surface area (Å²) in [5.74, 6) is 1.67. The van der Waals surface area contributed by atoms with Gasteiger partial charge >= 0.3 is 12.0 Å². The summed E-state index contributed by atoms with van der Waals surface area (Å²) in [5, 5.41) is 16.0. The van der Waals surface area contributed by atoms with Crippen molar-refractivity contribution in [2.75, 3.05) is 30.4 Å². The minimum Gasteiger partial charge on any atom is -0.506 e. The van der Waals surface area contributed by atoms with Gasteiger partial charge in [0.25, 0.3) is 0 Å². The Morgan fingerprint density at radius 2 is 1.68 bits per heavy atom. The molecular weight excluding hydrogens is 470 g/mol. The first kappa shape index (κ1) is 25.1. The van der Waals surface area contributed by atoms with E-state index in [2.05, 4.69) is 10.6 Å². The molecule has 2 aromatic carbocycles. The molecule has 0 radical (unpaired) electrons. The molecule has 2 aromatic rings. The molecule has 0 saturated heterocycles. The minimum absolute atomic E-state index is 0.0625. The van der Waals surface area contributed by atoms with Crippen molar-refractivity contribution in [1.82, 2.24) is 5.32 Å². The van der Waals surface area contributed by atoms with Crippen LogP contribution in [0.5, 0.6) is 5.75 Å². The highest BCUT2D eigenvalue weighted by atomic mass is 16.5. The Hall–Kier alpha value is -3.55. The second-order valence-corrected chi connectivity index (χ2v) is 11.1. The number of phenols is 1. The van der Waals surface area contributed by atoms with Gasteiger partial charge in [-0.3, -0.25) is 9.59 Å². The van der Waals surface area contributed by atoms with Crippen molar-refractivity contribution in [2.45, 2.75) is 44.9 Å². The fourth-order valence-electron chi connectivity index (χ4n) is 7.24. The molecule has 0 heterocycles. The lowest BCUT2D eigenvalue weighted by atomic mass is 9.49. The van der Waals surface area contributed by atoms with Gasteiger partial charge in [0.1, 0.15) is 5.75 Å². The van der Waals surface area contributed by atoms with E-state index >= 15 is 0 Å². The third-order valence-electron chi connectivity index (χ3n) is 8.29. The first-order chi connectivity index (χ1) is 17.8. The van der Waals surface area contributed by atoms with Crippen LogP contribution in [0.4, 0.5) is 16.2 Å². The number of benzene rings is 2. The van der Waals surface area contributed by atoms with Crippen molar-refractivity contribution in [3.05, 3.63) is 54.1 Å². The van der Waals surface area contributed by atoms with Gasteiger partial charge in [-0.1, -0.05) is 24.3 Å². The summed E-state index contributed by atoms with van der Waals surface area (Å²) in [5.41, 5.74) is 1.79. The number of ether oxygens (including phenoxy) is 1. The van der Waals surface area contributed by atoms with Gasteiger partial charge in [-0.05, 0) is 91.5 Å². The summed E-state index contributed by atoms with van der Waals surface area (Å²) in [6, 6.07) is 13.3. The zero-order chi connectivity index (χ0) is 26.0. The molecule has 0 atom stereocenters. The van der Waals surface area contributed by atoms with E-state index in [9.17, 15) is 19.5 Å². The number of urea groups is 1. The molecule has 196 valence electrons. The van der Waals surface area contributed by atoms with Crippen molar-refractivity contribution in [2.24, 2.45) is 23.2 Å². The first-order valence-corrected chi connectivity index (χ1v) is 13.1. The number of amides is 3. The lowest BCUT2D eigenvalue weighted by Crippen LogP contribution is -2.53. The largest absolute Gasteiger partial charge is 0.506 e. The molecule has 0 aromatic heterocycles. The van der Waals surface area contributed by atoms with E-state index in [0.29, 0.717) is 23.5 Å². The quantitative estimate of drug-likeness (QED) is 0.459. The zero-order valence-corrected chi connectivity index (χ0v) is 21.2. The van der Waals surface area contributed by atoms with Crippen LogP contribution < -0.4 is 15.5 Å². The molecule has 4 saturated carbocycles. The number of carbonyl (C=O) groups is 3. The molecule has 3 amide bonds. The lowest BCUT2D eigenvalue weighted by Gasteiger charge is -2.57. The summed E-state index contributed by atoms with van der Waals surface area (Å²) in [7, 11) is 1.33. The normalized spacial score (nSPS) is 25.4. The number of hydrogen-bond acceptors (Lipinski definition) is 5. The summed E-state index contributed by atoms with van der Waals surface area (Å²) in [4.78, 5) is 39.3. The summed E-state index contributed by atoms with van der Waals surface area (Å²) in [6.45, 7) is 0.361. The van der Waals surface area contributed by atoms with Crippen LogP contribution in [0.1, 0.15) is 44.1 Å². The number of nitrogens with one attached hydrogen (secondary N) is 2. The molecule has 8 heteroatoms. The van der Waals surface area contributed by atoms with Gasteiger partial charge in [-0.2, -0.15) is 0 Å². The highest BCUT2D eigenvalue weighted by Gasteiger charge is 2.51. The number of hydrogen-bond donors (Lipinski definition) is 3. The molecule has 3 N–H and O–H groups in total. The predicted molar refractivity (Wildman–Crippen MR) is 140 cm³/mol. The molecule has 37 heavy (non-hydrogen) atoms. The molecule has 4 aliphatic rings. The number of aromatic hydroxyl groups is 1. The Morgan fingerprint density at radius 3 is 2.32 bits per heavy atom. The maximum atomic E-state index is 13.5. The topological polar surface area (TPSA) is 108 Å². The van der Waals surface area contributed by atoms with Crippen molar-refractivity contribution >= 4 is 29.3 Å². The van der Waals surface area contributed by atoms with Crippen LogP contribution in [0.25, 0.3) is 0 Å². The summed E-state index contributed by atoms with van der Waals surface area (Å²) in [6.07, 6.45) is 7.43. The van der Waals surface area contributed by atoms with Crippen LogP contribution >= 0.6 is 0 Å². The highest BCUT2D eigenvalue weighted by Crippen LogP contribution is 2.60. The first-order valence-electron chi connectivity index (χ1n) is 13.1. The Bertz CT molecular complexity index is 1140. The molecule has 6 rings (SSSR count). The Kier molecular flexibility index (Phi) is 7.09. The molecule has 0 spiro atoms. The molecule has 0 aliphatic heterocycles. The monoisotopic (exact) mass is 505 g/mol. The maximum absolute atomic E-state index is 13.5. The van der Waals surface area contributed by atoms with Crippen molar-refractivity contribution < 1.29 is 24.2 Å². The number of phenolic OH excluding ortho intramolecular Hbond substituents is 1. The van der Waals surface area contributed by atoms with Crippen molar-refractivity contribution in [1.29, 1.82) is 0 Å². The molecule has 4 fully saturated rings. The average molecular weight is 506 g/mol. The number of carbonyl (C=O) groups excluding carboxylic acids is 3. The van der Waals surface area contributed by atoms with E-state index in [1.165, 1.54) is 26.4 Å². The van der Waals surface area contributed by atoms with E-state index in [1.54, 1.807) is 47.4 Å². The van der Waals surface area contributed by atoms with Crippen LogP contribution in [0.2, 0.25) is 0 Å². The van der Waals surface area contributed by atoms with E-state index in [0.717, 1.165) is 37.0 Å². The molecule has 0 unspecified atom stereocenters. The van der Waals surface area contributed by atoms with Gasteiger partial charge in [0.05, 0.1) is 25.8 Å². The lowest BCUT2D eigenvalue weighted by molar-refractivity contribution is -0.139. The smallest absolute Gasteiger partial charge is 0.319 e. The van der Waals surface area contributed by atoms with Crippen LogP contribution in [0, 0.1) is 23.2 Å². The van der Waals surface area contributed by atoms with Crippen molar-refractivity contribution in [3.63, 3.8) is 0 Å². The predicted octanol–water partition coefficient (Wildman–Crippen LogP) is 4.48. The van der Waals surface area contributed by atoms with Crippen LogP contribution in [-0.4, -0.2) is 43.2 Å². The van der Waals surface area contributed by atoms with Crippen molar-refractivity contribution in [3.8, 4) is 5.75 Å². The van der Waals surface area contributed by atoms with Gasteiger partial charge in [-0.25, -0.2) is 4.79 Å². The highest BCUT2D eigenvalue weighted by molar-refractivity contribution is 5.99. The fraction of sp³-hybridized carbons (Fsp3) is 0.483. The second-order valence-electron chi connectivity index (χ2n) is 11.1. The number of nitrogens with zero attached hydrogens (tertiary/aromatic N) is 1. The van der Waals surface area contributed by atoms with E-state index < -0.39 is 6.03 Å².